The van der Waals surface area contributed by atoms with Crippen LogP contribution in [0.15, 0.2) is 18.2 Å². The number of nitrogens with zero attached hydrogens (tertiary/aromatic N) is 1. The Kier molecular flexibility index (Phi) is 4.17. The molecule has 1 N–H and O–H groups in total. The zero-order chi connectivity index (χ0) is 12.5. The molecule has 5 nitrogen and oxygen atoms in total. The molecular weight excluding hydrogens is 268 g/mol. The van der Waals surface area contributed by atoms with Crippen LogP contribution in [0.4, 0.5) is 0 Å². The van der Waals surface area contributed by atoms with E-state index < -0.39 is 0 Å². The van der Waals surface area contributed by atoms with Gasteiger partial charge in [0.05, 0.1) is 5.56 Å². The van der Waals surface area contributed by atoms with E-state index in [1.807, 2.05) is 24.0 Å². The van der Waals surface area contributed by atoms with Crippen molar-refractivity contribution in [1.29, 1.82) is 0 Å². The molecule has 0 saturated carbocycles. The molecule has 0 unspecified atom stereocenters. The van der Waals surface area contributed by atoms with Gasteiger partial charge in [-0.25, -0.2) is 0 Å². The van der Waals surface area contributed by atoms with E-state index in [0.29, 0.717) is 17.1 Å². The molecule has 2 aliphatic heterocycles. The van der Waals surface area contributed by atoms with Gasteiger partial charge in [0, 0.05) is 25.7 Å². The summed E-state index contributed by atoms with van der Waals surface area (Å²) in [5, 5.41) is 3.27. The van der Waals surface area contributed by atoms with Crippen LogP contribution in [0.5, 0.6) is 11.5 Å². The number of rotatable bonds is 1. The molecule has 1 aromatic carbocycles. The average molecular weight is 285 g/mol. The number of para-hydroxylation sites is 1. The van der Waals surface area contributed by atoms with E-state index in [1.54, 1.807) is 6.07 Å². The number of amides is 1. The zero-order valence-corrected chi connectivity index (χ0v) is 11.5. The summed E-state index contributed by atoms with van der Waals surface area (Å²) in [4.78, 5) is 14.4. The smallest absolute Gasteiger partial charge is 0.258 e. The maximum absolute atomic E-state index is 12.5. The van der Waals surface area contributed by atoms with Crippen LogP contribution in [-0.4, -0.2) is 43.3 Å². The number of nitrogens with one attached hydrogen (secondary N) is 1. The monoisotopic (exact) mass is 284 g/mol. The van der Waals surface area contributed by atoms with Crippen LogP contribution in [0.1, 0.15) is 17.3 Å². The first kappa shape index (κ1) is 14.0. The summed E-state index contributed by atoms with van der Waals surface area (Å²) < 4.78 is 10.7. The van der Waals surface area contributed by atoms with Crippen molar-refractivity contribution in [1.82, 2.24) is 10.2 Å². The Morgan fingerprint density at radius 1 is 1.42 bits per heavy atom. The molecule has 1 atom stereocenters. The Morgan fingerprint density at radius 2 is 2.26 bits per heavy atom. The van der Waals surface area contributed by atoms with Gasteiger partial charge in [-0.3, -0.25) is 4.79 Å². The van der Waals surface area contributed by atoms with E-state index in [-0.39, 0.29) is 31.1 Å². The standard InChI is InChI=1S/C13H16N2O3.ClH/c1-9-7-14-5-6-15(9)13(16)10-3-2-4-11-12(10)18-8-17-11;/h2-4,9,14H,5-8H2,1H3;1H/t9-;/m0./s1. The van der Waals surface area contributed by atoms with Crippen LogP contribution in [0.2, 0.25) is 0 Å². The highest BCUT2D eigenvalue weighted by Crippen LogP contribution is 2.36. The van der Waals surface area contributed by atoms with Crippen LogP contribution in [0.3, 0.4) is 0 Å². The van der Waals surface area contributed by atoms with Crippen LogP contribution in [0.25, 0.3) is 0 Å². The van der Waals surface area contributed by atoms with Gasteiger partial charge in [-0.2, -0.15) is 0 Å². The summed E-state index contributed by atoms with van der Waals surface area (Å²) in [5.74, 6) is 1.25. The summed E-state index contributed by atoms with van der Waals surface area (Å²) in [7, 11) is 0. The fraction of sp³-hybridized carbons (Fsp3) is 0.462. The molecule has 2 aliphatic rings. The minimum atomic E-state index is 0. The third-order valence-electron chi connectivity index (χ3n) is 3.39. The van der Waals surface area contributed by atoms with Gasteiger partial charge >= 0.3 is 0 Å². The average Bonchev–Trinajstić information content (AvgIpc) is 2.86. The van der Waals surface area contributed by atoms with Gasteiger partial charge in [0.15, 0.2) is 11.5 Å². The predicted octanol–water partition coefficient (Wildman–Crippen LogP) is 1.27. The van der Waals surface area contributed by atoms with Gasteiger partial charge in [0.25, 0.3) is 5.91 Å². The van der Waals surface area contributed by atoms with Crippen molar-refractivity contribution in [3.63, 3.8) is 0 Å². The number of halogens is 1. The van der Waals surface area contributed by atoms with E-state index in [4.69, 9.17) is 9.47 Å². The Morgan fingerprint density at radius 3 is 3.05 bits per heavy atom. The summed E-state index contributed by atoms with van der Waals surface area (Å²) >= 11 is 0. The van der Waals surface area contributed by atoms with Gasteiger partial charge in [0.1, 0.15) is 0 Å². The van der Waals surface area contributed by atoms with Gasteiger partial charge in [0.2, 0.25) is 6.79 Å². The van der Waals surface area contributed by atoms with Gasteiger partial charge < -0.3 is 19.7 Å². The molecule has 0 spiro atoms. The highest BCUT2D eigenvalue weighted by atomic mass is 35.5. The molecule has 0 radical (unpaired) electrons. The van der Waals surface area contributed by atoms with Crippen molar-refractivity contribution in [2.24, 2.45) is 0 Å². The number of benzene rings is 1. The third-order valence-corrected chi connectivity index (χ3v) is 3.39. The second kappa shape index (κ2) is 5.67. The molecule has 1 saturated heterocycles. The second-order valence-electron chi connectivity index (χ2n) is 4.59. The fourth-order valence-electron chi connectivity index (χ4n) is 2.40. The molecule has 1 aromatic rings. The lowest BCUT2D eigenvalue weighted by Gasteiger charge is -2.34. The van der Waals surface area contributed by atoms with Gasteiger partial charge in [-0.05, 0) is 19.1 Å². The van der Waals surface area contributed by atoms with E-state index in [0.717, 1.165) is 19.6 Å². The van der Waals surface area contributed by atoms with Crippen molar-refractivity contribution in [2.75, 3.05) is 26.4 Å². The Labute approximate surface area is 118 Å². The first-order chi connectivity index (χ1) is 8.77. The predicted molar refractivity (Wildman–Crippen MR) is 73.2 cm³/mol. The highest BCUT2D eigenvalue weighted by Gasteiger charge is 2.29. The minimum Gasteiger partial charge on any atom is -0.454 e. The maximum Gasteiger partial charge on any atom is 0.258 e. The van der Waals surface area contributed by atoms with Crippen molar-refractivity contribution in [2.45, 2.75) is 13.0 Å². The van der Waals surface area contributed by atoms with Crippen LogP contribution in [0, 0.1) is 0 Å². The fourth-order valence-corrected chi connectivity index (χ4v) is 2.40. The number of hydrogen-bond acceptors (Lipinski definition) is 4. The van der Waals surface area contributed by atoms with Crippen molar-refractivity contribution >= 4 is 18.3 Å². The number of hydrogen-bond donors (Lipinski definition) is 1. The second-order valence-corrected chi connectivity index (χ2v) is 4.59. The largest absolute Gasteiger partial charge is 0.454 e. The minimum absolute atomic E-state index is 0. The molecule has 0 aromatic heterocycles. The van der Waals surface area contributed by atoms with Crippen LogP contribution >= 0.6 is 12.4 Å². The highest BCUT2D eigenvalue weighted by molar-refractivity contribution is 5.98. The number of piperazine rings is 1. The van der Waals surface area contributed by atoms with E-state index in [2.05, 4.69) is 5.32 Å². The molecule has 1 fully saturated rings. The summed E-state index contributed by atoms with van der Waals surface area (Å²) in [6.07, 6.45) is 0. The van der Waals surface area contributed by atoms with Gasteiger partial charge in [-0.15, -0.1) is 12.4 Å². The lowest BCUT2D eigenvalue weighted by Crippen LogP contribution is -2.52. The Bertz CT molecular complexity index is 481. The maximum atomic E-state index is 12.5. The molecule has 2 heterocycles. The van der Waals surface area contributed by atoms with Crippen LogP contribution < -0.4 is 14.8 Å². The molecule has 6 heteroatoms. The molecule has 104 valence electrons. The number of carbonyl (C=O) groups excluding carboxylic acids is 1. The topological polar surface area (TPSA) is 50.8 Å². The summed E-state index contributed by atoms with van der Waals surface area (Å²) in [5.41, 5.74) is 0.596. The molecule has 0 bridgehead atoms. The van der Waals surface area contributed by atoms with Crippen molar-refractivity contribution in [3.8, 4) is 11.5 Å². The summed E-state index contributed by atoms with van der Waals surface area (Å²) in [6.45, 7) is 4.63. The lowest BCUT2D eigenvalue weighted by molar-refractivity contribution is 0.0651. The Balaban J connectivity index is 0.00000133. The molecular formula is C13H17ClN2O3. The van der Waals surface area contributed by atoms with E-state index in [9.17, 15) is 4.79 Å². The number of carbonyl (C=O) groups is 1. The van der Waals surface area contributed by atoms with Crippen molar-refractivity contribution < 1.29 is 14.3 Å². The Hall–Kier alpha value is -1.46. The van der Waals surface area contributed by atoms with Crippen molar-refractivity contribution in [3.05, 3.63) is 23.8 Å². The SMILES string of the molecule is C[C@H]1CNCCN1C(=O)c1cccc2c1OCO2.Cl. The first-order valence-corrected chi connectivity index (χ1v) is 6.17. The third kappa shape index (κ3) is 2.48. The first-order valence-electron chi connectivity index (χ1n) is 6.17. The lowest BCUT2D eigenvalue weighted by atomic mass is 10.1. The molecule has 19 heavy (non-hydrogen) atoms. The van der Waals surface area contributed by atoms with E-state index in [1.165, 1.54) is 0 Å². The molecule has 3 rings (SSSR count). The number of fused-ring (bicyclic) bond motifs is 1. The van der Waals surface area contributed by atoms with Crippen LogP contribution in [-0.2, 0) is 0 Å². The normalized spacial score (nSPS) is 20.9. The summed E-state index contributed by atoms with van der Waals surface area (Å²) in [6, 6.07) is 5.64. The quantitative estimate of drug-likeness (QED) is 0.844. The van der Waals surface area contributed by atoms with Gasteiger partial charge in [-0.1, -0.05) is 6.07 Å². The number of ether oxygens (including phenoxy) is 2. The molecule has 1 amide bonds. The molecule has 0 aliphatic carbocycles. The zero-order valence-electron chi connectivity index (χ0n) is 10.7. The van der Waals surface area contributed by atoms with E-state index >= 15 is 0 Å².